The molecule has 2 fully saturated rings. The van der Waals surface area contributed by atoms with Crippen molar-refractivity contribution in [2.45, 2.75) is 39.2 Å². The summed E-state index contributed by atoms with van der Waals surface area (Å²) in [6.45, 7) is 8.52. The number of hydrogen-bond donors (Lipinski definition) is 0. The molecule has 9 nitrogen and oxygen atoms in total. The van der Waals surface area contributed by atoms with Gasteiger partial charge in [0.2, 0.25) is 5.88 Å². The molecule has 0 aliphatic carbocycles. The lowest BCUT2D eigenvalue weighted by Crippen LogP contribution is -2.37. The van der Waals surface area contributed by atoms with Gasteiger partial charge in [-0.2, -0.15) is 0 Å². The maximum Gasteiger partial charge on any atom is 0.410 e. The number of methoxy groups -OCH3 is 1. The minimum atomic E-state index is -0.528. The van der Waals surface area contributed by atoms with Gasteiger partial charge in [0.1, 0.15) is 28.4 Å². The van der Waals surface area contributed by atoms with Crippen LogP contribution >= 0.6 is 0 Å². The SMILES string of the molecule is COC(=O)c1cc(N2CCC3(CCN(C(=O)OC(C)(C)C)C3)C2)cnc1Oc1ccc(Oc2ccccc2)cc1. The summed E-state index contributed by atoms with van der Waals surface area (Å²) in [5.74, 6) is 1.55. The molecule has 3 aromatic rings. The molecule has 210 valence electrons. The number of pyridine rings is 1. The molecule has 0 N–H and O–H groups in total. The van der Waals surface area contributed by atoms with Crippen molar-refractivity contribution in [1.29, 1.82) is 0 Å². The molecule has 1 atom stereocenters. The Balaban J connectivity index is 1.27. The molecule has 2 saturated heterocycles. The zero-order chi connectivity index (χ0) is 28.3. The number of esters is 1. The van der Waals surface area contributed by atoms with E-state index in [0.29, 0.717) is 24.6 Å². The van der Waals surface area contributed by atoms with Gasteiger partial charge < -0.3 is 28.7 Å². The minimum Gasteiger partial charge on any atom is -0.465 e. The summed E-state index contributed by atoms with van der Waals surface area (Å²) in [5, 5.41) is 0. The van der Waals surface area contributed by atoms with Crippen LogP contribution in [0.25, 0.3) is 0 Å². The highest BCUT2D eigenvalue weighted by atomic mass is 16.6. The summed E-state index contributed by atoms with van der Waals surface area (Å²) >= 11 is 0. The van der Waals surface area contributed by atoms with E-state index < -0.39 is 11.6 Å². The van der Waals surface area contributed by atoms with Crippen LogP contribution in [0.15, 0.2) is 66.9 Å². The van der Waals surface area contributed by atoms with Crippen LogP contribution in [0.2, 0.25) is 0 Å². The van der Waals surface area contributed by atoms with Gasteiger partial charge in [-0.05, 0) is 76.1 Å². The number of likely N-dealkylation sites (tertiary alicyclic amines) is 1. The fraction of sp³-hybridized carbons (Fsp3) is 0.387. The molecule has 1 amide bonds. The third-order valence-electron chi connectivity index (χ3n) is 7.15. The Morgan fingerprint density at radius 2 is 1.52 bits per heavy atom. The molecule has 2 aliphatic heterocycles. The summed E-state index contributed by atoms with van der Waals surface area (Å²) in [5.41, 5.74) is 0.521. The van der Waals surface area contributed by atoms with Gasteiger partial charge in [0.15, 0.2) is 0 Å². The number of amides is 1. The van der Waals surface area contributed by atoms with Crippen molar-refractivity contribution >= 4 is 17.7 Å². The second-order valence-corrected chi connectivity index (χ2v) is 11.3. The third kappa shape index (κ3) is 6.30. The van der Waals surface area contributed by atoms with E-state index in [0.717, 1.165) is 37.4 Å². The number of carbonyl (C=O) groups is 2. The van der Waals surface area contributed by atoms with E-state index >= 15 is 0 Å². The first kappa shape index (κ1) is 27.3. The van der Waals surface area contributed by atoms with Crippen LogP contribution in [-0.4, -0.2) is 60.8 Å². The van der Waals surface area contributed by atoms with E-state index in [1.165, 1.54) is 7.11 Å². The smallest absolute Gasteiger partial charge is 0.410 e. The van der Waals surface area contributed by atoms with Crippen LogP contribution in [0.4, 0.5) is 10.5 Å². The van der Waals surface area contributed by atoms with E-state index in [4.69, 9.17) is 18.9 Å². The molecule has 0 saturated carbocycles. The second kappa shape index (κ2) is 11.1. The molecular weight excluding hydrogens is 510 g/mol. The van der Waals surface area contributed by atoms with Crippen molar-refractivity contribution in [3.63, 3.8) is 0 Å². The fourth-order valence-corrected chi connectivity index (χ4v) is 5.17. The van der Waals surface area contributed by atoms with E-state index in [2.05, 4.69) is 9.88 Å². The third-order valence-corrected chi connectivity index (χ3v) is 7.15. The Morgan fingerprint density at radius 1 is 0.875 bits per heavy atom. The van der Waals surface area contributed by atoms with Gasteiger partial charge in [0.25, 0.3) is 0 Å². The van der Waals surface area contributed by atoms with Crippen LogP contribution < -0.4 is 14.4 Å². The maximum atomic E-state index is 12.7. The van der Waals surface area contributed by atoms with Crippen LogP contribution in [0.3, 0.4) is 0 Å². The molecule has 1 spiro atoms. The Morgan fingerprint density at radius 3 is 2.20 bits per heavy atom. The van der Waals surface area contributed by atoms with E-state index in [1.807, 2.05) is 51.1 Å². The average Bonchev–Trinajstić information content (AvgIpc) is 3.56. The van der Waals surface area contributed by atoms with Gasteiger partial charge in [-0.3, -0.25) is 0 Å². The first-order chi connectivity index (χ1) is 19.1. The van der Waals surface area contributed by atoms with Gasteiger partial charge in [0, 0.05) is 31.6 Å². The van der Waals surface area contributed by atoms with Crippen molar-refractivity contribution in [2.24, 2.45) is 5.41 Å². The highest BCUT2D eigenvalue weighted by Crippen LogP contribution is 2.42. The normalized spacial score (nSPS) is 18.6. The monoisotopic (exact) mass is 545 g/mol. The maximum absolute atomic E-state index is 12.7. The lowest BCUT2D eigenvalue weighted by molar-refractivity contribution is 0.0276. The second-order valence-electron chi connectivity index (χ2n) is 11.3. The van der Waals surface area contributed by atoms with E-state index in [-0.39, 0.29) is 23.0 Å². The molecule has 0 bridgehead atoms. The standard InChI is InChI=1S/C31H35N3O6/c1-30(2,3)40-29(36)34-17-15-31(21-34)14-16-33(20-31)22-18-26(28(35)37-4)27(32-19-22)39-25-12-10-24(11-13-25)38-23-8-6-5-7-9-23/h5-13,18-19H,14-17,20-21H2,1-4H3. The van der Waals surface area contributed by atoms with Gasteiger partial charge in [-0.15, -0.1) is 0 Å². The Labute approximate surface area is 234 Å². The molecule has 9 heteroatoms. The van der Waals surface area contributed by atoms with Crippen molar-refractivity contribution in [2.75, 3.05) is 38.2 Å². The molecule has 2 aromatic carbocycles. The van der Waals surface area contributed by atoms with Crippen LogP contribution in [0.1, 0.15) is 44.0 Å². The van der Waals surface area contributed by atoms with Crippen molar-refractivity contribution in [1.82, 2.24) is 9.88 Å². The topological polar surface area (TPSA) is 90.4 Å². The fourth-order valence-electron chi connectivity index (χ4n) is 5.17. The molecule has 0 radical (unpaired) electrons. The molecular formula is C31H35N3O6. The minimum absolute atomic E-state index is 0.0128. The Bertz CT molecular complexity index is 1360. The van der Waals surface area contributed by atoms with Gasteiger partial charge in [-0.1, -0.05) is 18.2 Å². The number of carbonyl (C=O) groups excluding carboxylic acids is 2. The van der Waals surface area contributed by atoms with E-state index in [1.54, 1.807) is 41.4 Å². The van der Waals surface area contributed by atoms with Crippen molar-refractivity contribution in [3.05, 3.63) is 72.4 Å². The number of para-hydroxylation sites is 1. The van der Waals surface area contributed by atoms with Crippen LogP contribution in [0.5, 0.6) is 23.1 Å². The van der Waals surface area contributed by atoms with Crippen LogP contribution in [0, 0.1) is 5.41 Å². The van der Waals surface area contributed by atoms with Gasteiger partial charge >= 0.3 is 12.1 Å². The number of rotatable bonds is 6. The van der Waals surface area contributed by atoms with Crippen molar-refractivity contribution < 1.29 is 28.5 Å². The first-order valence-corrected chi connectivity index (χ1v) is 13.5. The van der Waals surface area contributed by atoms with Gasteiger partial charge in [-0.25, -0.2) is 14.6 Å². The summed E-state index contributed by atoms with van der Waals surface area (Å²) in [4.78, 5) is 33.8. The quantitative estimate of drug-likeness (QED) is 0.334. The molecule has 5 rings (SSSR count). The lowest BCUT2D eigenvalue weighted by Gasteiger charge is -2.27. The summed E-state index contributed by atoms with van der Waals surface area (Å²) in [6, 6.07) is 18.4. The zero-order valence-electron chi connectivity index (χ0n) is 23.4. The van der Waals surface area contributed by atoms with Gasteiger partial charge in [0.05, 0.1) is 19.0 Å². The summed E-state index contributed by atoms with van der Waals surface area (Å²) < 4.78 is 22.4. The number of benzene rings is 2. The highest BCUT2D eigenvalue weighted by Gasteiger charge is 2.46. The summed E-state index contributed by atoms with van der Waals surface area (Å²) in [7, 11) is 1.34. The van der Waals surface area contributed by atoms with Crippen molar-refractivity contribution in [3.8, 4) is 23.1 Å². The first-order valence-electron chi connectivity index (χ1n) is 13.5. The molecule has 2 aliphatic rings. The molecule has 3 heterocycles. The average molecular weight is 546 g/mol. The number of hydrogen-bond acceptors (Lipinski definition) is 8. The Kier molecular flexibility index (Phi) is 7.56. The predicted octanol–water partition coefficient (Wildman–Crippen LogP) is 6.29. The number of nitrogens with zero attached hydrogens (tertiary/aromatic N) is 3. The van der Waals surface area contributed by atoms with E-state index in [9.17, 15) is 9.59 Å². The van der Waals surface area contributed by atoms with Crippen LogP contribution in [-0.2, 0) is 9.47 Å². The number of anilines is 1. The molecule has 1 aromatic heterocycles. The highest BCUT2D eigenvalue weighted by molar-refractivity contribution is 5.93. The molecule has 40 heavy (non-hydrogen) atoms. The predicted molar refractivity (Wildman–Crippen MR) is 150 cm³/mol. The number of aromatic nitrogens is 1. The summed E-state index contributed by atoms with van der Waals surface area (Å²) in [6.07, 6.45) is 3.30. The largest absolute Gasteiger partial charge is 0.465 e. The zero-order valence-corrected chi connectivity index (χ0v) is 23.4. The lowest BCUT2D eigenvalue weighted by atomic mass is 9.86. The molecule has 1 unspecified atom stereocenters. The number of ether oxygens (including phenoxy) is 4. The Hall–Kier alpha value is -4.27.